The molecule has 2 aliphatic rings. The molecule has 12 heterocycles. The van der Waals surface area contributed by atoms with Gasteiger partial charge in [-0.15, -0.1) is 10.2 Å². The Labute approximate surface area is 451 Å². The maximum atomic E-state index is 13.5. The van der Waals surface area contributed by atoms with Gasteiger partial charge in [0.1, 0.15) is 24.1 Å². The van der Waals surface area contributed by atoms with Crippen LogP contribution in [0.2, 0.25) is 0 Å². The van der Waals surface area contributed by atoms with Crippen LogP contribution in [0.3, 0.4) is 0 Å². The van der Waals surface area contributed by atoms with Gasteiger partial charge in [-0.25, -0.2) is 23.9 Å². The van der Waals surface area contributed by atoms with Crippen LogP contribution >= 0.6 is 0 Å². The van der Waals surface area contributed by atoms with Crippen molar-refractivity contribution in [1.82, 2.24) is 90.3 Å². The second kappa shape index (κ2) is 19.9. The van der Waals surface area contributed by atoms with Crippen LogP contribution in [-0.2, 0) is 48.9 Å². The van der Waals surface area contributed by atoms with Gasteiger partial charge in [0.25, 0.3) is 17.7 Å². The zero-order chi connectivity index (χ0) is 54.2. The molecule has 26 heteroatoms. The van der Waals surface area contributed by atoms with Crippen LogP contribution < -0.4 is 22.1 Å². The smallest absolute Gasteiger partial charge is 0.389 e. The summed E-state index contributed by atoms with van der Waals surface area (Å²) in [5.74, 6) is 0.783. The van der Waals surface area contributed by atoms with Crippen molar-refractivity contribution in [3.05, 3.63) is 199 Å². The summed E-state index contributed by atoms with van der Waals surface area (Å²) in [6.45, 7) is 5.97. The first-order chi connectivity index (χ1) is 38.4. The molecule has 406 valence electrons. The van der Waals surface area contributed by atoms with Crippen molar-refractivity contribution in [2.24, 2.45) is 7.05 Å². The monoisotopic (exact) mass is 1080 g/mol. The van der Waals surface area contributed by atoms with Gasteiger partial charge in [-0.2, -0.15) is 19.3 Å². The number of H-pyrrole nitrogens is 4. The Morgan fingerprint density at radius 2 is 1.24 bits per heavy atom. The summed E-state index contributed by atoms with van der Waals surface area (Å²) in [5.41, 5.74) is 6.11. The van der Waals surface area contributed by atoms with Crippen LogP contribution in [-0.4, -0.2) is 86.8 Å². The second-order valence-electron chi connectivity index (χ2n) is 19.2. The van der Waals surface area contributed by atoms with Crippen LogP contribution in [0.25, 0.3) is 44.6 Å². The number of rotatable bonds is 11. The van der Waals surface area contributed by atoms with Crippen molar-refractivity contribution in [1.29, 1.82) is 0 Å². The molecular weight excluding hydrogens is 1030 g/mol. The highest BCUT2D eigenvalue weighted by atomic mass is 19.1. The summed E-state index contributed by atoms with van der Waals surface area (Å²) in [7, 11) is 3.02. The van der Waals surface area contributed by atoms with Gasteiger partial charge in [0.05, 0.1) is 64.8 Å². The number of fused-ring (bicyclic) bond motifs is 6. The molecule has 0 fully saturated rings. The van der Waals surface area contributed by atoms with E-state index < -0.39 is 34.4 Å². The maximum absolute atomic E-state index is 13.5. The molecule has 25 nitrogen and oxygen atoms in total. The molecule has 0 aliphatic carbocycles. The first kappa shape index (κ1) is 51.0. The molecule has 12 aromatic rings. The van der Waals surface area contributed by atoms with Crippen molar-refractivity contribution in [3.8, 4) is 22.8 Å². The fourth-order valence-electron chi connectivity index (χ4n) is 10.5. The molecule has 2 aliphatic heterocycles. The first-order valence-corrected chi connectivity index (χ1v) is 25.1. The molecule has 6 N–H and O–H groups in total. The highest BCUT2D eigenvalue weighted by molar-refractivity contribution is 5.87. The number of aromatic nitrogens is 16. The minimum Gasteiger partial charge on any atom is -0.389 e. The van der Waals surface area contributed by atoms with Crippen LogP contribution in [0.4, 0.5) is 4.39 Å². The van der Waals surface area contributed by atoms with E-state index in [2.05, 4.69) is 82.1 Å². The number of nitrogens with one attached hydrogen (secondary N) is 6. The number of imidazole rings is 2. The third kappa shape index (κ3) is 8.43. The van der Waals surface area contributed by atoms with Gasteiger partial charge in [-0.3, -0.25) is 20.6 Å². The Kier molecular flexibility index (Phi) is 12.7. The van der Waals surface area contributed by atoms with Crippen molar-refractivity contribution in [2.75, 3.05) is 7.11 Å². The third-order valence-corrected chi connectivity index (χ3v) is 14.2. The lowest BCUT2D eigenvalue weighted by atomic mass is 9.82. The molecule has 0 bridgehead atoms. The molecule has 0 spiro atoms. The summed E-state index contributed by atoms with van der Waals surface area (Å²) >= 11 is 0. The van der Waals surface area contributed by atoms with E-state index >= 15 is 0 Å². The number of benzene rings is 2. The van der Waals surface area contributed by atoms with Crippen LogP contribution in [0.5, 0.6) is 0 Å². The van der Waals surface area contributed by atoms with E-state index in [9.17, 15) is 14.0 Å². The van der Waals surface area contributed by atoms with E-state index in [1.165, 1.54) is 24.9 Å². The molecular formula is C54H51FN18O7. The molecule has 10 aromatic heterocycles. The number of hydrogen-bond acceptors (Lipinski definition) is 19. The topological polar surface area (TPSA) is 322 Å². The number of nitrogens with zero attached hydrogens (tertiary/aromatic N) is 12. The Morgan fingerprint density at radius 3 is 1.75 bits per heavy atom. The summed E-state index contributed by atoms with van der Waals surface area (Å²) in [4.78, 5) is 66.2. The summed E-state index contributed by atoms with van der Waals surface area (Å²) in [5, 5.41) is 26.8. The van der Waals surface area contributed by atoms with Crippen LogP contribution in [0.15, 0.2) is 125 Å². The zero-order valence-corrected chi connectivity index (χ0v) is 42.8. The average molecular weight is 1080 g/mol. The Balaban J connectivity index is 0.000000157. The van der Waals surface area contributed by atoms with E-state index in [4.69, 9.17) is 27.6 Å². The van der Waals surface area contributed by atoms with E-state index in [0.29, 0.717) is 54.0 Å². The minimum absolute atomic E-state index is 0. The van der Waals surface area contributed by atoms with Crippen molar-refractivity contribution in [3.63, 3.8) is 0 Å². The number of ether oxygens (including phenoxy) is 1. The van der Waals surface area contributed by atoms with E-state index in [1.54, 1.807) is 25.4 Å². The number of pyridine rings is 2. The lowest BCUT2D eigenvalue weighted by molar-refractivity contribution is 0.151. The van der Waals surface area contributed by atoms with Crippen LogP contribution in [0, 0.1) is 19.7 Å². The third-order valence-electron chi connectivity index (χ3n) is 14.2. The van der Waals surface area contributed by atoms with E-state index in [1.807, 2.05) is 74.6 Å². The van der Waals surface area contributed by atoms with E-state index in [0.717, 1.165) is 66.5 Å². The van der Waals surface area contributed by atoms with Gasteiger partial charge >= 0.3 is 11.5 Å². The van der Waals surface area contributed by atoms with Gasteiger partial charge in [0.15, 0.2) is 0 Å². The number of hydrogen-bond donors (Lipinski definition) is 6. The average Bonchev–Trinajstić information content (AvgIpc) is 4.52. The second-order valence-corrected chi connectivity index (χ2v) is 19.2. The minimum atomic E-state index is -1.46. The predicted octanol–water partition coefficient (Wildman–Crippen LogP) is 6.42. The normalized spacial score (nSPS) is 18.7. The largest absolute Gasteiger partial charge is 0.437 e. The van der Waals surface area contributed by atoms with Gasteiger partial charge in [0, 0.05) is 55.6 Å². The summed E-state index contributed by atoms with van der Waals surface area (Å²) < 4.78 is 43.4. The Morgan fingerprint density at radius 1 is 0.675 bits per heavy atom. The number of halogens is 1. The molecule has 2 unspecified atom stereocenters. The molecule has 0 saturated heterocycles. The van der Waals surface area contributed by atoms with Crippen LogP contribution in [0.1, 0.15) is 101 Å². The number of aryl methyl sites for hydroxylation is 4. The quantitative estimate of drug-likeness (QED) is 0.0813. The lowest BCUT2D eigenvalue weighted by Gasteiger charge is -2.37. The lowest BCUT2D eigenvalue weighted by Crippen LogP contribution is -2.52. The molecule has 0 radical (unpaired) electrons. The SMILES string of the molecule is C.CCn1nc(C2(c3noc(C)n3)N[C@@H](c3ncc(-c4ccc(C)cn4)[nH]3)Cc3c2[nH]c2ccccc32)oc1=O.COCc1nc(C2(c3nn(C)c(=O)o3)N[C@@H](c3ncc(-c4ccc(F)cn4)[nH]3)Cc3c2[nH]c2ccccc32)no1. The number of methoxy groups -OCH3 is 1. The van der Waals surface area contributed by atoms with Crippen molar-refractivity contribution >= 4 is 21.8 Å². The highest BCUT2D eigenvalue weighted by Gasteiger charge is 2.55. The zero-order valence-electron chi connectivity index (χ0n) is 42.8. The molecule has 14 rings (SSSR count). The molecule has 2 aromatic carbocycles. The predicted molar refractivity (Wildman–Crippen MR) is 283 cm³/mol. The highest BCUT2D eigenvalue weighted by Crippen LogP contribution is 2.47. The molecule has 0 amide bonds. The van der Waals surface area contributed by atoms with Crippen molar-refractivity contribution < 1.29 is 27.0 Å². The summed E-state index contributed by atoms with van der Waals surface area (Å²) in [6.07, 6.45) is 7.47. The van der Waals surface area contributed by atoms with Gasteiger partial charge < -0.3 is 42.6 Å². The Bertz CT molecular complexity index is 4330. The van der Waals surface area contributed by atoms with Gasteiger partial charge in [0.2, 0.25) is 28.6 Å². The number of para-hydroxylation sites is 2. The van der Waals surface area contributed by atoms with Gasteiger partial charge in [-0.1, -0.05) is 60.2 Å². The number of aromatic amines is 4. The fraction of sp³-hybridized carbons (Fsp3) is 0.259. The molecule has 0 saturated carbocycles. The first-order valence-electron chi connectivity index (χ1n) is 25.1. The van der Waals surface area contributed by atoms with E-state index in [-0.39, 0.29) is 49.4 Å². The maximum Gasteiger partial charge on any atom is 0.437 e. The van der Waals surface area contributed by atoms with Crippen molar-refractivity contribution in [2.45, 2.75) is 77.4 Å². The molecule has 80 heavy (non-hydrogen) atoms. The molecule has 4 atom stereocenters. The van der Waals surface area contributed by atoms with Gasteiger partial charge in [-0.05, 0) is 73.7 Å². The Hall–Kier alpha value is -9.79. The standard InChI is InChI=1S/C27H25N9O3.C26H22FN9O4.CH4/c1-4-36-26(37)38-25(34-36)27(24-30-15(3)39-35-24)22-17(16-7-5-6-8-18(16)31-22)11-20(33-27)23-29-13-21(32-23)19-10-9-14(2)12-28-19;1-36-25(37)39-24(34-36)26(23-32-20(12-38-2)40-35-23)21-15(14-5-3-4-6-16(14)30-21)9-18(33-26)22-29-11-19(31-22)17-8-7-13(27)10-28-17;/h5-10,12-13,20,31,33H,4,11H2,1-3H3,(H,29,32);3-8,10-11,18,30,33H,9,12H2,1-2H3,(H,29,31);1H4/t20-,27?;18-,26?;/m11./s1. The summed E-state index contributed by atoms with van der Waals surface area (Å²) in [6, 6.07) is 21.9. The fourth-order valence-corrected chi connectivity index (χ4v) is 10.5.